The SMILES string of the molecule is Cc1cccc(NCC(=O)Nc2cccc(-c3csc(C)n3)c2)c1. The lowest BCUT2D eigenvalue weighted by Crippen LogP contribution is -2.21. The van der Waals surface area contributed by atoms with E-state index in [4.69, 9.17) is 0 Å². The molecule has 0 aliphatic heterocycles. The highest BCUT2D eigenvalue weighted by molar-refractivity contribution is 7.09. The van der Waals surface area contributed by atoms with E-state index >= 15 is 0 Å². The number of anilines is 2. The molecule has 0 aliphatic rings. The Balaban J connectivity index is 1.62. The normalized spacial score (nSPS) is 10.4. The van der Waals surface area contributed by atoms with Crippen molar-refractivity contribution in [1.29, 1.82) is 0 Å². The topological polar surface area (TPSA) is 54.0 Å². The number of rotatable bonds is 5. The number of aryl methyl sites for hydroxylation is 2. The van der Waals surface area contributed by atoms with Crippen LogP contribution in [-0.2, 0) is 4.79 Å². The quantitative estimate of drug-likeness (QED) is 0.722. The number of hydrogen-bond donors (Lipinski definition) is 2. The van der Waals surface area contributed by atoms with Gasteiger partial charge in [-0.3, -0.25) is 4.79 Å². The highest BCUT2D eigenvalue weighted by Crippen LogP contribution is 2.24. The van der Waals surface area contributed by atoms with Crippen molar-refractivity contribution in [3.05, 3.63) is 64.5 Å². The molecule has 0 radical (unpaired) electrons. The fourth-order valence-corrected chi connectivity index (χ4v) is 3.02. The molecular weight excluding hydrogens is 318 g/mol. The lowest BCUT2D eigenvalue weighted by Gasteiger charge is -2.09. The molecule has 1 aromatic heterocycles. The van der Waals surface area contributed by atoms with Gasteiger partial charge in [-0.25, -0.2) is 4.98 Å². The van der Waals surface area contributed by atoms with E-state index in [0.717, 1.165) is 33.2 Å². The third-order valence-corrected chi connectivity index (χ3v) is 4.31. The molecule has 0 saturated heterocycles. The van der Waals surface area contributed by atoms with Crippen LogP contribution in [-0.4, -0.2) is 17.4 Å². The molecule has 122 valence electrons. The second kappa shape index (κ2) is 7.27. The molecule has 0 atom stereocenters. The van der Waals surface area contributed by atoms with Gasteiger partial charge in [0.15, 0.2) is 0 Å². The van der Waals surface area contributed by atoms with Crippen molar-refractivity contribution >= 4 is 28.6 Å². The second-order valence-corrected chi connectivity index (χ2v) is 6.67. The van der Waals surface area contributed by atoms with E-state index in [1.807, 2.05) is 67.8 Å². The Morgan fingerprint density at radius 1 is 1.08 bits per heavy atom. The Hall–Kier alpha value is -2.66. The summed E-state index contributed by atoms with van der Waals surface area (Å²) in [5.41, 5.74) is 4.81. The molecular formula is C19H19N3OS. The average Bonchev–Trinajstić information content (AvgIpc) is 3.00. The van der Waals surface area contributed by atoms with E-state index in [0.29, 0.717) is 0 Å². The number of hydrogen-bond acceptors (Lipinski definition) is 4. The molecule has 0 aliphatic carbocycles. The van der Waals surface area contributed by atoms with Gasteiger partial charge in [0.05, 0.1) is 17.2 Å². The van der Waals surface area contributed by atoms with Crippen molar-refractivity contribution in [3.63, 3.8) is 0 Å². The van der Waals surface area contributed by atoms with Gasteiger partial charge in [-0.1, -0.05) is 24.3 Å². The molecule has 1 heterocycles. The molecule has 0 fully saturated rings. The average molecular weight is 337 g/mol. The smallest absolute Gasteiger partial charge is 0.243 e. The van der Waals surface area contributed by atoms with Crippen LogP contribution in [0.2, 0.25) is 0 Å². The minimum absolute atomic E-state index is 0.0804. The van der Waals surface area contributed by atoms with Crippen molar-refractivity contribution in [2.75, 3.05) is 17.2 Å². The minimum atomic E-state index is -0.0804. The third-order valence-electron chi connectivity index (χ3n) is 3.53. The Morgan fingerprint density at radius 2 is 1.88 bits per heavy atom. The van der Waals surface area contributed by atoms with Crippen LogP contribution in [0.25, 0.3) is 11.3 Å². The maximum Gasteiger partial charge on any atom is 0.243 e. The summed E-state index contributed by atoms with van der Waals surface area (Å²) < 4.78 is 0. The zero-order chi connectivity index (χ0) is 16.9. The lowest BCUT2D eigenvalue weighted by molar-refractivity contribution is -0.114. The molecule has 1 amide bonds. The number of nitrogens with zero attached hydrogens (tertiary/aromatic N) is 1. The number of nitrogens with one attached hydrogen (secondary N) is 2. The van der Waals surface area contributed by atoms with Crippen LogP contribution in [0.1, 0.15) is 10.6 Å². The first-order valence-electron chi connectivity index (χ1n) is 7.73. The van der Waals surface area contributed by atoms with Crippen LogP contribution in [0, 0.1) is 13.8 Å². The fraction of sp³-hybridized carbons (Fsp3) is 0.158. The maximum atomic E-state index is 12.1. The van der Waals surface area contributed by atoms with Gasteiger partial charge in [-0.15, -0.1) is 11.3 Å². The molecule has 0 unspecified atom stereocenters. The Kier molecular flexibility index (Phi) is 4.91. The largest absolute Gasteiger partial charge is 0.376 e. The van der Waals surface area contributed by atoms with Gasteiger partial charge in [0.2, 0.25) is 5.91 Å². The Morgan fingerprint density at radius 3 is 2.62 bits per heavy atom. The van der Waals surface area contributed by atoms with Crippen LogP contribution in [0.4, 0.5) is 11.4 Å². The van der Waals surface area contributed by atoms with Crippen molar-refractivity contribution in [3.8, 4) is 11.3 Å². The van der Waals surface area contributed by atoms with Crippen molar-refractivity contribution in [2.45, 2.75) is 13.8 Å². The van der Waals surface area contributed by atoms with E-state index in [2.05, 4.69) is 15.6 Å². The molecule has 0 spiro atoms. The molecule has 2 N–H and O–H groups in total. The van der Waals surface area contributed by atoms with Crippen molar-refractivity contribution in [2.24, 2.45) is 0 Å². The number of benzene rings is 2. The first-order valence-corrected chi connectivity index (χ1v) is 8.61. The Bertz CT molecular complexity index is 857. The second-order valence-electron chi connectivity index (χ2n) is 5.60. The maximum absolute atomic E-state index is 12.1. The molecule has 0 saturated carbocycles. The van der Waals surface area contributed by atoms with E-state index in [1.165, 1.54) is 0 Å². The zero-order valence-electron chi connectivity index (χ0n) is 13.7. The standard InChI is InChI=1S/C19H19N3OS/c1-13-5-3-7-16(9-13)20-11-19(23)22-17-8-4-6-15(10-17)18-12-24-14(2)21-18/h3-10,12,20H,11H2,1-2H3,(H,22,23). The first kappa shape index (κ1) is 16.2. The molecule has 5 heteroatoms. The molecule has 4 nitrogen and oxygen atoms in total. The van der Waals surface area contributed by atoms with Crippen LogP contribution >= 0.6 is 11.3 Å². The van der Waals surface area contributed by atoms with Crippen molar-refractivity contribution < 1.29 is 4.79 Å². The van der Waals surface area contributed by atoms with Gasteiger partial charge in [-0.05, 0) is 43.7 Å². The zero-order valence-corrected chi connectivity index (χ0v) is 14.5. The van der Waals surface area contributed by atoms with Gasteiger partial charge in [0.1, 0.15) is 0 Å². The summed E-state index contributed by atoms with van der Waals surface area (Å²) in [5, 5.41) is 9.10. The molecule has 0 bridgehead atoms. The fourth-order valence-electron chi connectivity index (χ4n) is 2.39. The lowest BCUT2D eigenvalue weighted by atomic mass is 10.1. The van der Waals surface area contributed by atoms with Gasteiger partial charge >= 0.3 is 0 Å². The predicted octanol–water partition coefficient (Wildman–Crippen LogP) is 4.48. The predicted molar refractivity (Wildman–Crippen MR) is 101 cm³/mol. The summed E-state index contributed by atoms with van der Waals surface area (Å²) >= 11 is 1.62. The number of amides is 1. The summed E-state index contributed by atoms with van der Waals surface area (Å²) in [6, 6.07) is 15.7. The van der Waals surface area contributed by atoms with E-state index < -0.39 is 0 Å². The molecule has 3 aromatic rings. The first-order chi connectivity index (χ1) is 11.6. The highest BCUT2D eigenvalue weighted by Gasteiger charge is 2.06. The minimum Gasteiger partial charge on any atom is -0.376 e. The Labute approximate surface area is 145 Å². The van der Waals surface area contributed by atoms with Crippen LogP contribution in [0.15, 0.2) is 53.9 Å². The molecule has 2 aromatic carbocycles. The number of carbonyl (C=O) groups is 1. The van der Waals surface area contributed by atoms with Gasteiger partial charge < -0.3 is 10.6 Å². The van der Waals surface area contributed by atoms with Crippen LogP contribution < -0.4 is 10.6 Å². The number of aromatic nitrogens is 1. The van der Waals surface area contributed by atoms with E-state index in [1.54, 1.807) is 11.3 Å². The monoisotopic (exact) mass is 337 g/mol. The van der Waals surface area contributed by atoms with Gasteiger partial charge in [0.25, 0.3) is 0 Å². The third kappa shape index (κ3) is 4.20. The summed E-state index contributed by atoms with van der Waals surface area (Å²) in [5.74, 6) is -0.0804. The summed E-state index contributed by atoms with van der Waals surface area (Å²) in [4.78, 5) is 16.6. The van der Waals surface area contributed by atoms with E-state index in [-0.39, 0.29) is 12.5 Å². The summed E-state index contributed by atoms with van der Waals surface area (Å²) in [6.07, 6.45) is 0. The van der Waals surface area contributed by atoms with Crippen LogP contribution in [0.3, 0.4) is 0 Å². The highest BCUT2D eigenvalue weighted by atomic mass is 32.1. The van der Waals surface area contributed by atoms with E-state index in [9.17, 15) is 4.79 Å². The van der Waals surface area contributed by atoms with Crippen molar-refractivity contribution in [1.82, 2.24) is 4.98 Å². The summed E-state index contributed by atoms with van der Waals surface area (Å²) in [7, 11) is 0. The van der Waals surface area contributed by atoms with Gasteiger partial charge in [0, 0.05) is 22.3 Å². The summed E-state index contributed by atoms with van der Waals surface area (Å²) in [6.45, 7) is 4.23. The number of thiazole rings is 1. The molecule has 3 rings (SSSR count). The van der Waals surface area contributed by atoms with Crippen LogP contribution in [0.5, 0.6) is 0 Å². The number of carbonyl (C=O) groups excluding carboxylic acids is 1. The molecule has 24 heavy (non-hydrogen) atoms. The van der Waals surface area contributed by atoms with Gasteiger partial charge in [-0.2, -0.15) is 0 Å².